The molecule has 2 aliphatic rings. The largest absolute Gasteiger partial charge is 0.0654 e. The molecule has 112 valence electrons. The summed E-state index contributed by atoms with van der Waals surface area (Å²) < 4.78 is 0. The summed E-state index contributed by atoms with van der Waals surface area (Å²) in [5.41, 5.74) is 0.669. The van der Waals surface area contributed by atoms with E-state index in [-0.39, 0.29) is 0 Å². The van der Waals surface area contributed by atoms with E-state index in [9.17, 15) is 0 Å². The van der Waals surface area contributed by atoms with Gasteiger partial charge in [0, 0.05) is 0 Å². The van der Waals surface area contributed by atoms with Crippen molar-refractivity contribution < 1.29 is 0 Å². The van der Waals surface area contributed by atoms with E-state index in [4.69, 9.17) is 0 Å². The summed E-state index contributed by atoms with van der Waals surface area (Å²) in [7, 11) is 0. The molecule has 2 aliphatic carbocycles. The SMILES string of the molecule is CCCC(C(C)C)C1CCC2CCCCC2(C)C1C. The Balaban J connectivity index is 2.14. The van der Waals surface area contributed by atoms with Crippen LogP contribution in [0.1, 0.15) is 86.0 Å². The van der Waals surface area contributed by atoms with Crippen molar-refractivity contribution in [1.82, 2.24) is 0 Å². The highest BCUT2D eigenvalue weighted by Crippen LogP contribution is 2.57. The van der Waals surface area contributed by atoms with Crippen LogP contribution in [0.25, 0.3) is 0 Å². The van der Waals surface area contributed by atoms with Gasteiger partial charge in [0.25, 0.3) is 0 Å². The fourth-order valence-corrected chi connectivity index (χ4v) is 5.60. The Morgan fingerprint density at radius 3 is 2.47 bits per heavy atom. The molecule has 5 unspecified atom stereocenters. The molecule has 0 bridgehead atoms. The van der Waals surface area contributed by atoms with Crippen LogP contribution in [0, 0.1) is 35.0 Å². The fourth-order valence-electron chi connectivity index (χ4n) is 5.60. The average molecular weight is 264 g/mol. The van der Waals surface area contributed by atoms with E-state index in [1.54, 1.807) is 0 Å². The van der Waals surface area contributed by atoms with Crippen molar-refractivity contribution in [2.75, 3.05) is 0 Å². The van der Waals surface area contributed by atoms with Crippen molar-refractivity contribution in [2.45, 2.75) is 86.0 Å². The maximum absolute atomic E-state index is 2.64. The lowest BCUT2D eigenvalue weighted by Gasteiger charge is -2.55. The Morgan fingerprint density at radius 1 is 1.11 bits per heavy atom. The summed E-state index contributed by atoms with van der Waals surface area (Å²) in [5.74, 6) is 4.84. The van der Waals surface area contributed by atoms with Gasteiger partial charge in [-0.15, -0.1) is 0 Å². The summed E-state index contributed by atoms with van der Waals surface area (Å²) in [6.07, 6.45) is 11.9. The van der Waals surface area contributed by atoms with Crippen LogP contribution in [0.3, 0.4) is 0 Å². The van der Waals surface area contributed by atoms with Crippen LogP contribution in [-0.2, 0) is 0 Å². The lowest BCUT2D eigenvalue weighted by Crippen LogP contribution is -2.46. The van der Waals surface area contributed by atoms with Gasteiger partial charge in [0.15, 0.2) is 0 Å². The molecule has 0 N–H and O–H groups in total. The molecule has 19 heavy (non-hydrogen) atoms. The third kappa shape index (κ3) is 2.88. The van der Waals surface area contributed by atoms with Crippen molar-refractivity contribution in [3.8, 4) is 0 Å². The first-order valence-corrected chi connectivity index (χ1v) is 9.00. The standard InChI is InChI=1S/C19H36/c1-6-9-17(14(2)3)18-12-11-16-10-7-8-13-19(16,5)15(18)4/h14-18H,6-13H2,1-5H3. The van der Waals surface area contributed by atoms with Crippen molar-refractivity contribution in [3.05, 3.63) is 0 Å². The highest BCUT2D eigenvalue weighted by molar-refractivity contribution is 4.98. The first kappa shape index (κ1) is 15.4. The topological polar surface area (TPSA) is 0 Å². The molecule has 0 aliphatic heterocycles. The van der Waals surface area contributed by atoms with Gasteiger partial charge in [-0.1, -0.05) is 60.3 Å². The number of rotatable bonds is 4. The normalized spacial score (nSPS) is 41.1. The lowest BCUT2D eigenvalue weighted by molar-refractivity contribution is -0.0523. The van der Waals surface area contributed by atoms with E-state index < -0.39 is 0 Å². The van der Waals surface area contributed by atoms with Crippen LogP contribution in [0.4, 0.5) is 0 Å². The highest BCUT2D eigenvalue weighted by Gasteiger charge is 2.48. The van der Waals surface area contributed by atoms with E-state index >= 15 is 0 Å². The second-order valence-electron chi connectivity index (χ2n) is 8.17. The molecule has 0 saturated heterocycles. The monoisotopic (exact) mass is 264 g/mol. The Bertz CT molecular complexity index is 280. The lowest BCUT2D eigenvalue weighted by atomic mass is 9.50. The van der Waals surface area contributed by atoms with E-state index in [0.717, 1.165) is 29.6 Å². The molecule has 0 nitrogen and oxygen atoms in total. The van der Waals surface area contributed by atoms with Gasteiger partial charge in [0.1, 0.15) is 0 Å². The van der Waals surface area contributed by atoms with Crippen molar-refractivity contribution in [3.63, 3.8) is 0 Å². The number of hydrogen-bond acceptors (Lipinski definition) is 0. The van der Waals surface area contributed by atoms with Gasteiger partial charge in [-0.2, -0.15) is 0 Å². The minimum absolute atomic E-state index is 0.669. The molecule has 5 atom stereocenters. The predicted octanol–water partition coefficient (Wildman–Crippen LogP) is 6.30. The molecule has 0 aromatic heterocycles. The maximum Gasteiger partial charge on any atom is -0.0269 e. The zero-order chi connectivity index (χ0) is 14.0. The van der Waals surface area contributed by atoms with E-state index in [0.29, 0.717) is 5.41 Å². The van der Waals surface area contributed by atoms with Gasteiger partial charge in [-0.3, -0.25) is 0 Å². The molecule has 2 fully saturated rings. The summed E-state index contributed by atoms with van der Waals surface area (Å²) >= 11 is 0. The maximum atomic E-state index is 2.64. The van der Waals surface area contributed by atoms with Crippen molar-refractivity contribution >= 4 is 0 Å². The van der Waals surface area contributed by atoms with E-state index in [1.807, 2.05) is 0 Å². The van der Waals surface area contributed by atoms with Gasteiger partial charge in [0.2, 0.25) is 0 Å². The molecule has 0 amide bonds. The Morgan fingerprint density at radius 2 is 1.84 bits per heavy atom. The molecule has 0 aromatic carbocycles. The predicted molar refractivity (Wildman–Crippen MR) is 85.2 cm³/mol. The smallest absolute Gasteiger partial charge is 0.0269 e. The summed E-state index contributed by atoms with van der Waals surface area (Å²) in [4.78, 5) is 0. The summed E-state index contributed by atoms with van der Waals surface area (Å²) in [6, 6.07) is 0. The van der Waals surface area contributed by atoms with Crippen LogP contribution >= 0.6 is 0 Å². The Hall–Kier alpha value is 0. The zero-order valence-corrected chi connectivity index (χ0v) is 14.0. The van der Waals surface area contributed by atoms with Crippen LogP contribution in [0.2, 0.25) is 0 Å². The molecule has 2 saturated carbocycles. The van der Waals surface area contributed by atoms with E-state index in [1.165, 1.54) is 51.4 Å². The minimum atomic E-state index is 0.669. The van der Waals surface area contributed by atoms with Gasteiger partial charge in [-0.25, -0.2) is 0 Å². The first-order chi connectivity index (χ1) is 9.00. The molecular weight excluding hydrogens is 228 g/mol. The number of fused-ring (bicyclic) bond motifs is 1. The Labute approximate surface area is 121 Å². The van der Waals surface area contributed by atoms with Crippen LogP contribution < -0.4 is 0 Å². The van der Waals surface area contributed by atoms with Crippen molar-refractivity contribution in [2.24, 2.45) is 35.0 Å². The highest BCUT2D eigenvalue weighted by atomic mass is 14.5. The molecule has 2 rings (SSSR count). The molecule has 0 radical (unpaired) electrons. The van der Waals surface area contributed by atoms with Gasteiger partial charge in [-0.05, 0) is 60.7 Å². The molecule has 0 aromatic rings. The summed E-state index contributed by atoms with van der Waals surface area (Å²) in [6.45, 7) is 12.5. The third-order valence-electron chi connectivity index (χ3n) is 7.01. The van der Waals surface area contributed by atoms with Crippen LogP contribution in [-0.4, -0.2) is 0 Å². The summed E-state index contributed by atoms with van der Waals surface area (Å²) in [5, 5.41) is 0. The van der Waals surface area contributed by atoms with Gasteiger partial charge in [0.05, 0.1) is 0 Å². The average Bonchev–Trinajstić information content (AvgIpc) is 2.38. The Kier molecular flexibility index (Phi) is 5.01. The molecule has 0 heterocycles. The fraction of sp³-hybridized carbons (Fsp3) is 1.00. The zero-order valence-electron chi connectivity index (χ0n) is 14.0. The van der Waals surface area contributed by atoms with Gasteiger partial charge < -0.3 is 0 Å². The van der Waals surface area contributed by atoms with E-state index in [2.05, 4.69) is 34.6 Å². The number of hydrogen-bond donors (Lipinski definition) is 0. The van der Waals surface area contributed by atoms with Gasteiger partial charge >= 0.3 is 0 Å². The molecule has 0 heteroatoms. The quantitative estimate of drug-likeness (QED) is 0.559. The third-order valence-corrected chi connectivity index (χ3v) is 7.01. The van der Waals surface area contributed by atoms with Crippen LogP contribution in [0.5, 0.6) is 0 Å². The second kappa shape index (κ2) is 6.19. The first-order valence-electron chi connectivity index (χ1n) is 9.00. The molecular formula is C19H36. The second-order valence-corrected chi connectivity index (χ2v) is 8.17. The van der Waals surface area contributed by atoms with Crippen molar-refractivity contribution in [1.29, 1.82) is 0 Å². The molecule has 0 spiro atoms. The minimum Gasteiger partial charge on any atom is -0.0654 e. The van der Waals surface area contributed by atoms with Crippen LogP contribution in [0.15, 0.2) is 0 Å².